The van der Waals surface area contributed by atoms with Gasteiger partial charge in [0.25, 0.3) is 0 Å². The summed E-state index contributed by atoms with van der Waals surface area (Å²) in [5, 5.41) is 9.73. The molecule has 1 rings (SSSR count). The third-order valence-electron chi connectivity index (χ3n) is 2.16. The second-order valence-corrected chi connectivity index (χ2v) is 4.39. The molecule has 0 spiro atoms. The average molecular weight is 278 g/mol. The molecule has 0 saturated heterocycles. The molecule has 0 aliphatic heterocycles. The number of rotatable bonds is 6. The first-order chi connectivity index (χ1) is 8.78. The van der Waals surface area contributed by atoms with Crippen molar-refractivity contribution in [3.05, 3.63) is 29.8 Å². The van der Waals surface area contributed by atoms with Gasteiger partial charge in [-0.05, 0) is 31.5 Å². The summed E-state index contributed by atoms with van der Waals surface area (Å²) in [6.07, 6.45) is -5.52. The zero-order valence-electron chi connectivity index (χ0n) is 10.8. The summed E-state index contributed by atoms with van der Waals surface area (Å²) in [6.45, 7) is 1.93. The van der Waals surface area contributed by atoms with Crippen molar-refractivity contribution in [1.82, 2.24) is 0 Å². The quantitative estimate of drug-likeness (QED) is 0.869. The molecule has 0 bridgehead atoms. The number of ether oxygens (including phenoxy) is 2. The molecule has 1 N–H and O–H groups in total. The first-order valence-electron chi connectivity index (χ1n) is 5.87. The third kappa shape index (κ3) is 6.45. The van der Waals surface area contributed by atoms with E-state index in [9.17, 15) is 18.3 Å². The number of benzene rings is 1. The maximum atomic E-state index is 11.9. The summed E-state index contributed by atoms with van der Waals surface area (Å²) in [6, 6.07) is 6.57. The maximum absolute atomic E-state index is 11.9. The Bertz CT molecular complexity index is 391. The van der Waals surface area contributed by atoms with Crippen LogP contribution in [0.5, 0.6) is 5.75 Å². The van der Waals surface area contributed by atoms with Gasteiger partial charge in [0.2, 0.25) is 0 Å². The van der Waals surface area contributed by atoms with E-state index in [-0.39, 0.29) is 6.10 Å². The number of hydrogen-bond donors (Lipinski definition) is 1. The van der Waals surface area contributed by atoms with Crippen LogP contribution >= 0.6 is 0 Å². The van der Waals surface area contributed by atoms with Crippen molar-refractivity contribution in [3.8, 4) is 5.75 Å². The first kappa shape index (κ1) is 15.8. The number of aliphatic hydroxyl groups is 1. The van der Waals surface area contributed by atoms with Crippen LogP contribution in [0.15, 0.2) is 24.3 Å². The van der Waals surface area contributed by atoms with Crippen LogP contribution in [0.1, 0.15) is 25.5 Å². The minimum atomic E-state index is -4.39. The Morgan fingerprint density at radius 1 is 1.26 bits per heavy atom. The smallest absolute Gasteiger partial charge is 0.411 e. The molecule has 1 unspecified atom stereocenters. The minimum Gasteiger partial charge on any atom is -0.491 e. The molecule has 0 aliphatic rings. The number of halogens is 3. The fourth-order valence-corrected chi connectivity index (χ4v) is 1.45. The molecule has 0 aliphatic carbocycles. The fourth-order valence-electron chi connectivity index (χ4n) is 1.45. The van der Waals surface area contributed by atoms with Crippen molar-refractivity contribution in [2.75, 3.05) is 13.2 Å². The summed E-state index contributed by atoms with van der Waals surface area (Å²) in [4.78, 5) is 0. The van der Waals surface area contributed by atoms with E-state index in [1.165, 1.54) is 0 Å². The molecule has 108 valence electrons. The molecule has 0 heterocycles. The van der Waals surface area contributed by atoms with Crippen molar-refractivity contribution < 1.29 is 27.8 Å². The SMILES string of the molecule is CC(C)Oc1cccc(C(O)COCC(F)(F)F)c1. The van der Waals surface area contributed by atoms with Crippen LogP contribution in [0.25, 0.3) is 0 Å². The van der Waals surface area contributed by atoms with E-state index in [0.717, 1.165) is 0 Å². The molecular weight excluding hydrogens is 261 g/mol. The van der Waals surface area contributed by atoms with E-state index in [4.69, 9.17) is 4.74 Å². The van der Waals surface area contributed by atoms with Crippen LogP contribution in [0.4, 0.5) is 13.2 Å². The zero-order valence-corrected chi connectivity index (χ0v) is 10.8. The van der Waals surface area contributed by atoms with Crippen molar-refractivity contribution in [3.63, 3.8) is 0 Å². The standard InChI is InChI=1S/C13H17F3O3/c1-9(2)19-11-5-3-4-10(6-11)12(17)7-18-8-13(14,15)16/h3-6,9,12,17H,7-8H2,1-2H3. The predicted octanol–water partition coefficient (Wildman–Crippen LogP) is 3.09. The Kier molecular flexibility index (Phi) is 5.62. The van der Waals surface area contributed by atoms with Crippen molar-refractivity contribution in [1.29, 1.82) is 0 Å². The van der Waals surface area contributed by atoms with E-state index in [2.05, 4.69) is 4.74 Å². The second-order valence-electron chi connectivity index (χ2n) is 4.39. The van der Waals surface area contributed by atoms with E-state index in [1.54, 1.807) is 24.3 Å². The van der Waals surface area contributed by atoms with Gasteiger partial charge < -0.3 is 14.6 Å². The highest BCUT2D eigenvalue weighted by Gasteiger charge is 2.27. The van der Waals surface area contributed by atoms with Crippen LogP contribution in [0.3, 0.4) is 0 Å². The van der Waals surface area contributed by atoms with Crippen molar-refractivity contribution in [2.24, 2.45) is 0 Å². The van der Waals surface area contributed by atoms with E-state index in [1.807, 2.05) is 13.8 Å². The molecule has 0 fully saturated rings. The lowest BCUT2D eigenvalue weighted by molar-refractivity contribution is -0.179. The lowest BCUT2D eigenvalue weighted by atomic mass is 10.1. The first-order valence-corrected chi connectivity index (χ1v) is 5.87. The summed E-state index contributed by atoms with van der Waals surface area (Å²) >= 11 is 0. The molecule has 1 aromatic rings. The predicted molar refractivity (Wildman–Crippen MR) is 64.0 cm³/mol. The van der Waals surface area contributed by atoms with Gasteiger partial charge in [0.05, 0.1) is 12.7 Å². The Hall–Kier alpha value is -1.27. The van der Waals surface area contributed by atoms with Gasteiger partial charge in [0.1, 0.15) is 18.5 Å². The molecule has 0 radical (unpaired) electrons. The summed E-state index contributed by atoms with van der Waals surface area (Å²) in [5.74, 6) is 0.558. The summed E-state index contributed by atoms with van der Waals surface area (Å²) in [7, 11) is 0. The van der Waals surface area contributed by atoms with Crippen LogP contribution in [-0.4, -0.2) is 30.6 Å². The lowest BCUT2D eigenvalue weighted by Crippen LogP contribution is -2.19. The number of alkyl halides is 3. The molecule has 0 saturated carbocycles. The molecular formula is C13H17F3O3. The third-order valence-corrected chi connectivity index (χ3v) is 2.16. The summed E-state index contributed by atoms with van der Waals surface area (Å²) < 4.78 is 45.5. The second kappa shape index (κ2) is 6.77. The molecule has 19 heavy (non-hydrogen) atoms. The van der Waals surface area contributed by atoms with E-state index < -0.39 is 25.5 Å². The lowest BCUT2D eigenvalue weighted by Gasteiger charge is -2.15. The Morgan fingerprint density at radius 3 is 2.53 bits per heavy atom. The van der Waals surface area contributed by atoms with Gasteiger partial charge in [-0.15, -0.1) is 0 Å². The van der Waals surface area contributed by atoms with Crippen LogP contribution < -0.4 is 4.74 Å². The van der Waals surface area contributed by atoms with Crippen molar-refractivity contribution >= 4 is 0 Å². The van der Waals surface area contributed by atoms with E-state index in [0.29, 0.717) is 11.3 Å². The van der Waals surface area contributed by atoms with Crippen molar-refractivity contribution in [2.45, 2.75) is 32.2 Å². The largest absolute Gasteiger partial charge is 0.491 e. The molecule has 1 aromatic carbocycles. The zero-order chi connectivity index (χ0) is 14.5. The number of aliphatic hydroxyl groups excluding tert-OH is 1. The summed E-state index contributed by atoms with van der Waals surface area (Å²) in [5.41, 5.74) is 0.459. The Morgan fingerprint density at radius 2 is 1.95 bits per heavy atom. The number of hydrogen-bond acceptors (Lipinski definition) is 3. The minimum absolute atomic E-state index is 0.0196. The average Bonchev–Trinajstić information content (AvgIpc) is 2.26. The van der Waals surface area contributed by atoms with E-state index >= 15 is 0 Å². The van der Waals surface area contributed by atoms with Gasteiger partial charge in [0.15, 0.2) is 0 Å². The molecule has 3 nitrogen and oxygen atoms in total. The van der Waals surface area contributed by atoms with Crippen LogP contribution in [0.2, 0.25) is 0 Å². The van der Waals surface area contributed by atoms with Gasteiger partial charge in [0, 0.05) is 0 Å². The highest BCUT2D eigenvalue weighted by molar-refractivity contribution is 5.30. The Balaban J connectivity index is 2.54. The fraction of sp³-hybridized carbons (Fsp3) is 0.538. The van der Waals surface area contributed by atoms with Gasteiger partial charge in [-0.3, -0.25) is 0 Å². The van der Waals surface area contributed by atoms with Crippen LogP contribution in [0, 0.1) is 0 Å². The molecule has 0 aromatic heterocycles. The van der Waals surface area contributed by atoms with Gasteiger partial charge in [-0.25, -0.2) is 0 Å². The van der Waals surface area contributed by atoms with Gasteiger partial charge in [-0.2, -0.15) is 13.2 Å². The highest BCUT2D eigenvalue weighted by atomic mass is 19.4. The highest BCUT2D eigenvalue weighted by Crippen LogP contribution is 2.21. The van der Waals surface area contributed by atoms with Crippen LogP contribution in [-0.2, 0) is 4.74 Å². The van der Waals surface area contributed by atoms with Gasteiger partial charge >= 0.3 is 6.18 Å². The monoisotopic (exact) mass is 278 g/mol. The normalized spacial score (nSPS) is 13.6. The Labute approximate surface area is 110 Å². The maximum Gasteiger partial charge on any atom is 0.411 e. The molecule has 6 heteroatoms. The van der Waals surface area contributed by atoms with Gasteiger partial charge in [-0.1, -0.05) is 12.1 Å². The topological polar surface area (TPSA) is 38.7 Å². The molecule has 0 amide bonds. The molecule has 1 atom stereocenters.